The van der Waals surface area contributed by atoms with Gasteiger partial charge in [-0.1, -0.05) is 205 Å². The number of thioether (sulfide) groups is 1. The predicted octanol–water partition coefficient (Wildman–Crippen LogP) is 10.3. The molecule has 2 aliphatic rings. The first-order valence-electron chi connectivity index (χ1n) is 26.7. The lowest BCUT2D eigenvalue weighted by molar-refractivity contribution is -0.687. The highest BCUT2D eigenvalue weighted by molar-refractivity contribution is 8.00. The number of fused-ring (bicyclic) bond motifs is 1. The van der Waals surface area contributed by atoms with Crippen LogP contribution in [-0.4, -0.2) is 63.6 Å². The number of anilines is 1. The maximum absolute atomic E-state index is 15.5. The summed E-state index contributed by atoms with van der Waals surface area (Å²) in [6, 6.07) is 68.7. The standard InChI is InChI=1S/C67H55N7O7S2/c1-79-55-38-36-46(37-39-55)43-80-64(78)59-48(23-21-41-73-40-20-22-47(42-73)60(68)75)44-82-63-58(62(77)74(59)63)70-61(76)57(72-81-67(52-30-14-5-15-31-52,53-32-16-6-17-33-53)54-34-18-7-19-35-54)56-45-83-65(69-56)71-66(49-24-8-2-9-25-49,50-26-10-3-11-27-50)51-28-12-4-13-29-51/h2-40,42,45,58,63H,41,43-44H2,1H3,(H3-,68,69,70,71,75,76)/p+1/b23-21+,72-57?/t58-,63+/m1/s1. The molecule has 9 aromatic rings. The van der Waals surface area contributed by atoms with Crippen LogP contribution < -0.4 is 25.7 Å². The zero-order chi connectivity index (χ0) is 57.2. The second-order valence-electron chi connectivity index (χ2n) is 19.5. The molecule has 3 amide bonds. The van der Waals surface area contributed by atoms with E-state index in [1.165, 1.54) is 28.0 Å². The van der Waals surface area contributed by atoms with E-state index in [4.69, 9.17) is 30.2 Å². The number of rotatable bonds is 21. The number of thiazole rings is 1. The first-order valence-corrected chi connectivity index (χ1v) is 28.7. The molecule has 83 heavy (non-hydrogen) atoms. The van der Waals surface area contributed by atoms with Crippen LogP contribution in [0.15, 0.2) is 265 Å². The minimum atomic E-state index is -1.39. The average Bonchev–Trinajstić information content (AvgIpc) is 4.05. The molecule has 4 N–H and O–H groups in total. The summed E-state index contributed by atoms with van der Waals surface area (Å²) in [5.74, 6) is -1.63. The number of allylic oxidation sites excluding steroid dienone is 2. The predicted molar refractivity (Wildman–Crippen MR) is 321 cm³/mol. The monoisotopic (exact) mass is 1130 g/mol. The number of benzene rings is 7. The van der Waals surface area contributed by atoms with Gasteiger partial charge in [0.25, 0.3) is 17.7 Å². The molecular weight excluding hydrogens is 1080 g/mol. The van der Waals surface area contributed by atoms with Gasteiger partial charge in [0.2, 0.25) is 5.60 Å². The van der Waals surface area contributed by atoms with Gasteiger partial charge in [0.05, 0.1) is 7.11 Å². The highest BCUT2D eigenvalue weighted by atomic mass is 32.2. The van der Waals surface area contributed by atoms with Crippen molar-refractivity contribution in [3.63, 3.8) is 0 Å². The minimum absolute atomic E-state index is 0.0504. The number of pyridine rings is 1. The number of carbonyl (C=O) groups excluding carboxylic acids is 4. The van der Waals surface area contributed by atoms with E-state index in [-0.39, 0.29) is 29.5 Å². The van der Waals surface area contributed by atoms with Gasteiger partial charge in [-0.05, 0) is 52.1 Å². The summed E-state index contributed by atoms with van der Waals surface area (Å²) >= 11 is 2.68. The van der Waals surface area contributed by atoms with Crippen molar-refractivity contribution >= 4 is 57.6 Å². The van der Waals surface area contributed by atoms with Crippen LogP contribution in [0.25, 0.3) is 0 Å². The number of aromatic nitrogens is 2. The number of esters is 1. The van der Waals surface area contributed by atoms with Gasteiger partial charge in [-0.3, -0.25) is 19.3 Å². The molecule has 0 saturated carbocycles. The number of nitrogens with zero attached hydrogens (tertiary/aromatic N) is 4. The number of hydrogen-bond donors (Lipinski definition) is 3. The summed E-state index contributed by atoms with van der Waals surface area (Å²) in [5.41, 5.74) is 9.88. The van der Waals surface area contributed by atoms with E-state index in [1.807, 2.05) is 152 Å². The van der Waals surface area contributed by atoms with Gasteiger partial charge in [-0.2, -0.15) is 0 Å². The first kappa shape index (κ1) is 55.0. The van der Waals surface area contributed by atoms with Crippen LogP contribution in [0.1, 0.15) is 55.0 Å². The van der Waals surface area contributed by atoms with E-state index in [2.05, 4.69) is 47.0 Å². The van der Waals surface area contributed by atoms with Crippen LogP contribution in [0, 0.1) is 0 Å². The average molecular weight is 1140 g/mol. The zero-order valence-electron chi connectivity index (χ0n) is 45.0. The van der Waals surface area contributed by atoms with Gasteiger partial charge in [0.1, 0.15) is 46.3 Å². The number of hydrogen-bond acceptors (Lipinski definition) is 12. The summed E-state index contributed by atoms with van der Waals surface area (Å²) in [7, 11) is 1.57. The van der Waals surface area contributed by atoms with Gasteiger partial charge in [0.15, 0.2) is 29.8 Å². The van der Waals surface area contributed by atoms with E-state index in [0.29, 0.717) is 34.1 Å². The van der Waals surface area contributed by atoms with Crippen molar-refractivity contribution in [3.05, 3.63) is 310 Å². The largest absolute Gasteiger partial charge is 0.497 e. The maximum Gasteiger partial charge on any atom is 0.355 e. The van der Waals surface area contributed by atoms with E-state index in [9.17, 15) is 14.4 Å². The fourth-order valence-corrected chi connectivity index (χ4v) is 12.5. The normalized spacial score (nSPS) is 15.2. The molecule has 1 saturated heterocycles. The molecule has 14 nitrogen and oxygen atoms in total. The summed E-state index contributed by atoms with van der Waals surface area (Å²) in [5, 5.41) is 13.2. The molecule has 2 atom stereocenters. The topological polar surface area (TPSA) is 178 Å². The van der Waals surface area contributed by atoms with Crippen LogP contribution in [-0.2, 0) is 48.2 Å². The number of nitrogens with two attached hydrogens (primary N) is 1. The number of carbonyl (C=O) groups is 4. The Morgan fingerprint density at radius 2 is 1.25 bits per heavy atom. The number of methoxy groups -OCH3 is 1. The van der Waals surface area contributed by atoms with Gasteiger partial charge >= 0.3 is 5.97 Å². The van der Waals surface area contributed by atoms with Crippen molar-refractivity contribution in [2.45, 2.75) is 35.7 Å². The third-order valence-corrected chi connectivity index (χ3v) is 16.5. The Morgan fingerprint density at radius 1 is 0.723 bits per heavy atom. The quantitative estimate of drug-likeness (QED) is 0.0157. The summed E-state index contributed by atoms with van der Waals surface area (Å²) in [6.45, 7) is 0.242. The Balaban J connectivity index is 0.971. The van der Waals surface area contributed by atoms with Gasteiger partial charge in [0, 0.05) is 33.9 Å². The van der Waals surface area contributed by atoms with Crippen molar-refractivity contribution < 1.29 is 38.1 Å². The maximum atomic E-state index is 15.5. The lowest BCUT2D eigenvalue weighted by Crippen LogP contribution is -2.71. The number of ether oxygens (including phenoxy) is 2. The molecule has 1 fully saturated rings. The highest BCUT2D eigenvalue weighted by Gasteiger charge is 2.55. The van der Waals surface area contributed by atoms with Crippen molar-refractivity contribution in [2.75, 3.05) is 18.2 Å². The molecule has 412 valence electrons. The molecule has 7 aromatic carbocycles. The lowest BCUT2D eigenvalue weighted by Gasteiger charge is -2.49. The van der Waals surface area contributed by atoms with E-state index < -0.39 is 46.2 Å². The fourth-order valence-electron chi connectivity index (χ4n) is 10.4. The molecule has 16 heteroatoms. The number of nitrogens with one attached hydrogen (secondary N) is 2. The summed E-state index contributed by atoms with van der Waals surface area (Å²) in [6.07, 6.45) is 7.02. The Kier molecular flexibility index (Phi) is 16.5. The molecule has 11 rings (SSSR count). The molecule has 2 aliphatic heterocycles. The van der Waals surface area contributed by atoms with Gasteiger partial charge in [-0.25, -0.2) is 14.3 Å². The van der Waals surface area contributed by atoms with Gasteiger partial charge in [-0.15, -0.1) is 23.1 Å². The number of β-lactam (4-membered cyclic amide) rings is 1. The van der Waals surface area contributed by atoms with E-state index in [1.54, 1.807) is 71.9 Å². The van der Waals surface area contributed by atoms with Gasteiger partial charge < -0.3 is 30.7 Å². The van der Waals surface area contributed by atoms with Crippen LogP contribution in [0.2, 0.25) is 0 Å². The molecule has 0 aliphatic carbocycles. The van der Waals surface area contributed by atoms with Crippen molar-refractivity contribution in [2.24, 2.45) is 10.9 Å². The molecule has 4 heterocycles. The zero-order valence-corrected chi connectivity index (χ0v) is 46.6. The SMILES string of the molecule is COc1ccc(COC(=O)C2=C(/C=C/C[n+]3cccc(C(N)=O)c3)CS[C@H]3[C@H](NC(=O)C(=NOC(c4ccccc4)(c4ccccc4)c4ccccc4)c4csc(NC(c5ccccc5)(c5ccccc5)c5ccccc5)n4)C(=O)N23)cc1. The third-order valence-electron chi connectivity index (χ3n) is 14.5. The van der Waals surface area contributed by atoms with E-state index in [0.717, 1.165) is 33.4 Å². The Hall–Kier alpha value is -9.90. The van der Waals surface area contributed by atoms with Crippen LogP contribution >= 0.6 is 23.1 Å². The summed E-state index contributed by atoms with van der Waals surface area (Å²) < 4.78 is 13.0. The Labute approximate surface area is 488 Å². The second kappa shape index (κ2) is 24.9. The van der Waals surface area contributed by atoms with E-state index >= 15 is 4.79 Å². The molecule has 0 radical (unpaired) electrons. The number of amides is 3. The fraction of sp³-hybridized carbons (Fsp3) is 0.119. The molecular formula is C67H56N7O7S2+. The molecule has 0 bridgehead atoms. The third kappa shape index (κ3) is 11.4. The van der Waals surface area contributed by atoms with Crippen LogP contribution in [0.4, 0.5) is 5.13 Å². The van der Waals surface area contributed by atoms with Crippen molar-refractivity contribution in [1.29, 1.82) is 0 Å². The summed E-state index contributed by atoms with van der Waals surface area (Å²) in [4.78, 5) is 70.1. The van der Waals surface area contributed by atoms with Crippen LogP contribution in [0.5, 0.6) is 5.75 Å². The lowest BCUT2D eigenvalue weighted by atomic mass is 9.77. The molecule has 2 aromatic heterocycles. The first-order chi connectivity index (χ1) is 40.7. The second-order valence-corrected chi connectivity index (χ2v) is 21.5. The highest BCUT2D eigenvalue weighted by Crippen LogP contribution is 2.44. The number of primary amides is 1. The molecule has 0 unspecified atom stereocenters. The van der Waals surface area contributed by atoms with Crippen LogP contribution in [0.3, 0.4) is 0 Å². The smallest absolute Gasteiger partial charge is 0.355 e. The number of oxime groups is 1. The Morgan fingerprint density at radius 3 is 1.77 bits per heavy atom. The molecule has 0 spiro atoms. The van der Waals surface area contributed by atoms with Crippen molar-refractivity contribution in [1.82, 2.24) is 15.2 Å². The Bertz CT molecular complexity index is 3660. The minimum Gasteiger partial charge on any atom is -0.497 e. The van der Waals surface area contributed by atoms with Crippen molar-refractivity contribution in [3.8, 4) is 5.75 Å².